The van der Waals surface area contributed by atoms with Gasteiger partial charge in [-0.3, -0.25) is 9.98 Å². The second-order valence-electron chi connectivity index (χ2n) is 6.65. The first-order valence-electron chi connectivity index (χ1n) is 9.72. The van der Waals surface area contributed by atoms with Crippen molar-refractivity contribution in [3.8, 4) is 17.2 Å². The van der Waals surface area contributed by atoms with Crippen LogP contribution in [0, 0.1) is 6.92 Å². The highest BCUT2D eigenvalue weighted by molar-refractivity contribution is 5.85. The highest BCUT2D eigenvalue weighted by atomic mass is 16.5. The van der Waals surface area contributed by atoms with Crippen molar-refractivity contribution < 1.29 is 19.7 Å². The van der Waals surface area contributed by atoms with E-state index in [1.54, 1.807) is 19.3 Å². The highest BCUT2D eigenvalue weighted by Crippen LogP contribution is 2.32. The lowest BCUT2D eigenvalue weighted by Gasteiger charge is -2.15. The van der Waals surface area contributed by atoms with Crippen molar-refractivity contribution in [1.29, 1.82) is 0 Å². The second kappa shape index (κ2) is 10.7. The zero-order valence-corrected chi connectivity index (χ0v) is 17.1. The maximum absolute atomic E-state index is 10.3. The van der Waals surface area contributed by atoms with Crippen molar-refractivity contribution in [3.05, 3.63) is 46.8 Å². The average Bonchev–Trinajstić information content (AvgIpc) is 2.71. The lowest BCUT2D eigenvalue weighted by Crippen LogP contribution is -2.03. The minimum absolute atomic E-state index is 0.0396. The summed E-state index contributed by atoms with van der Waals surface area (Å²) in [5.74, 6) is 1.49. The number of benzene rings is 1. The Kier molecular flexibility index (Phi) is 8.26. The van der Waals surface area contributed by atoms with Gasteiger partial charge in [0, 0.05) is 23.5 Å². The molecule has 2 rings (SSSR count). The summed E-state index contributed by atoms with van der Waals surface area (Å²) in [6, 6.07) is 5.67. The molecule has 1 aromatic heterocycles. The van der Waals surface area contributed by atoms with Crippen LogP contribution in [0.15, 0.2) is 29.4 Å². The minimum Gasteiger partial charge on any atom is -0.505 e. The first-order valence-corrected chi connectivity index (χ1v) is 9.72. The molecule has 2 aromatic rings. The number of aliphatic hydroxyl groups excluding tert-OH is 1. The van der Waals surface area contributed by atoms with Crippen LogP contribution in [-0.2, 0) is 6.61 Å². The fraction of sp³-hybridized carbons (Fsp3) is 0.455. The number of rotatable bonds is 10. The van der Waals surface area contributed by atoms with E-state index in [2.05, 4.69) is 23.8 Å². The van der Waals surface area contributed by atoms with E-state index in [0.29, 0.717) is 35.8 Å². The molecular formula is C22H30N2O4. The Labute approximate surface area is 166 Å². The molecule has 0 amide bonds. The molecule has 2 N–H and O–H groups in total. The van der Waals surface area contributed by atoms with Crippen molar-refractivity contribution in [2.45, 2.75) is 53.2 Å². The number of aliphatic imine (C=N–C) groups is 1. The lowest BCUT2D eigenvalue weighted by molar-refractivity contribution is 0.268. The van der Waals surface area contributed by atoms with Gasteiger partial charge in [0.2, 0.25) is 0 Å². The maximum Gasteiger partial charge on any atom is 0.161 e. The van der Waals surface area contributed by atoms with Crippen LogP contribution in [-0.4, -0.2) is 34.6 Å². The van der Waals surface area contributed by atoms with E-state index in [1.807, 2.05) is 25.1 Å². The molecule has 0 unspecified atom stereocenters. The highest BCUT2D eigenvalue weighted by Gasteiger charge is 2.13. The van der Waals surface area contributed by atoms with Crippen LogP contribution in [0.3, 0.4) is 0 Å². The van der Waals surface area contributed by atoms with E-state index in [1.165, 1.54) is 0 Å². The van der Waals surface area contributed by atoms with E-state index < -0.39 is 0 Å². The van der Waals surface area contributed by atoms with Crippen LogP contribution in [0.1, 0.15) is 62.0 Å². The Hall–Kier alpha value is -2.60. The SMILES string of the molecule is CCCOc1ccc([C@H](C)N=Cc2c(CO)cnc(C)c2O)cc1OCCC. The summed E-state index contributed by atoms with van der Waals surface area (Å²) >= 11 is 0. The van der Waals surface area contributed by atoms with Gasteiger partial charge in [0.25, 0.3) is 0 Å². The Morgan fingerprint density at radius 3 is 2.46 bits per heavy atom. The van der Waals surface area contributed by atoms with Gasteiger partial charge in [0.05, 0.1) is 31.6 Å². The van der Waals surface area contributed by atoms with E-state index >= 15 is 0 Å². The molecule has 0 spiro atoms. The van der Waals surface area contributed by atoms with E-state index in [0.717, 1.165) is 24.2 Å². The van der Waals surface area contributed by atoms with Crippen molar-refractivity contribution in [2.75, 3.05) is 13.2 Å². The molecule has 0 aliphatic heterocycles. The number of ether oxygens (including phenoxy) is 2. The number of hydrogen-bond donors (Lipinski definition) is 2. The molecule has 0 bridgehead atoms. The predicted molar refractivity (Wildman–Crippen MR) is 111 cm³/mol. The standard InChI is InChI=1S/C22H30N2O4/c1-5-9-27-20-8-7-17(11-21(20)28-10-6-2)15(3)24-13-19-18(14-25)12-23-16(4)22(19)26/h7-8,11-13,15,25-26H,5-6,9-10,14H2,1-4H3/t15-/m0/s1. The second-order valence-corrected chi connectivity index (χ2v) is 6.65. The number of nitrogens with zero attached hydrogens (tertiary/aromatic N) is 2. The van der Waals surface area contributed by atoms with E-state index in [4.69, 9.17) is 9.47 Å². The largest absolute Gasteiger partial charge is 0.505 e. The van der Waals surface area contributed by atoms with Gasteiger partial charge >= 0.3 is 0 Å². The van der Waals surface area contributed by atoms with Crippen molar-refractivity contribution in [2.24, 2.45) is 4.99 Å². The van der Waals surface area contributed by atoms with E-state index in [-0.39, 0.29) is 18.4 Å². The zero-order chi connectivity index (χ0) is 20.5. The van der Waals surface area contributed by atoms with E-state index in [9.17, 15) is 10.2 Å². The van der Waals surface area contributed by atoms with Crippen molar-refractivity contribution in [1.82, 2.24) is 4.98 Å². The number of aliphatic hydroxyl groups is 1. The number of aromatic nitrogens is 1. The monoisotopic (exact) mass is 386 g/mol. The Bertz CT molecular complexity index is 805. The van der Waals surface area contributed by atoms with Crippen LogP contribution in [0.4, 0.5) is 0 Å². The first-order chi connectivity index (χ1) is 13.5. The van der Waals surface area contributed by atoms with Gasteiger partial charge in [0.15, 0.2) is 11.5 Å². The summed E-state index contributed by atoms with van der Waals surface area (Å²) in [6.07, 6.45) is 4.99. The number of hydrogen-bond acceptors (Lipinski definition) is 6. The topological polar surface area (TPSA) is 84.2 Å². The number of pyridine rings is 1. The molecular weight excluding hydrogens is 356 g/mol. The van der Waals surface area contributed by atoms with Gasteiger partial charge in [-0.2, -0.15) is 0 Å². The minimum atomic E-state index is -0.213. The quantitative estimate of drug-likeness (QED) is 0.593. The molecule has 0 aliphatic rings. The molecule has 0 aliphatic carbocycles. The summed E-state index contributed by atoms with van der Waals surface area (Å²) in [7, 11) is 0. The van der Waals surface area contributed by atoms with Crippen molar-refractivity contribution >= 4 is 6.21 Å². The first kappa shape index (κ1) is 21.7. The summed E-state index contributed by atoms with van der Waals surface area (Å²) in [6.45, 7) is 8.85. The predicted octanol–water partition coefficient (Wildman–Crippen LogP) is 4.35. The third-order valence-electron chi connectivity index (χ3n) is 4.33. The van der Waals surface area contributed by atoms with Crippen molar-refractivity contribution in [3.63, 3.8) is 0 Å². The summed E-state index contributed by atoms with van der Waals surface area (Å²) < 4.78 is 11.6. The fourth-order valence-corrected chi connectivity index (χ4v) is 2.64. The maximum atomic E-state index is 10.3. The van der Waals surface area contributed by atoms with Crippen LogP contribution >= 0.6 is 0 Å². The smallest absolute Gasteiger partial charge is 0.161 e. The van der Waals surface area contributed by atoms with Gasteiger partial charge in [0.1, 0.15) is 5.75 Å². The normalized spacial score (nSPS) is 12.3. The average molecular weight is 386 g/mol. The Morgan fingerprint density at radius 1 is 1.14 bits per heavy atom. The third-order valence-corrected chi connectivity index (χ3v) is 4.33. The molecule has 0 fully saturated rings. The molecule has 1 heterocycles. The molecule has 0 radical (unpaired) electrons. The summed E-state index contributed by atoms with van der Waals surface area (Å²) in [5, 5.41) is 19.7. The number of aryl methyl sites for hydroxylation is 1. The molecule has 28 heavy (non-hydrogen) atoms. The molecule has 1 aromatic carbocycles. The Morgan fingerprint density at radius 2 is 1.82 bits per heavy atom. The third kappa shape index (κ3) is 5.45. The molecule has 6 nitrogen and oxygen atoms in total. The summed E-state index contributed by atoms with van der Waals surface area (Å²) in [4.78, 5) is 8.64. The molecule has 1 atom stereocenters. The van der Waals surface area contributed by atoms with Crippen LogP contribution in [0.25, 0.3) is 0 Å². The van der Waals surface area contributed by atoms with Crippen LogP contribution < -0.4 is 9.47 Å². The Balaban J connectivity index is 2.27. The molecule has 6 heteroatoms. The van der Waals surface area contributed by atoms with Crippen LogP contribution in [0.2, 0.25) is 0 Å². The fourth-order valence-electron chi connectivity index (χ4n) is 2.64. The molecule has 0 saturated heterocycles. The van der Waals surface area contributed by atoms with Gasteiger partial charge < -0.3 is 19.7 Å². The van der Waals surface area contributed by atoms with Gasteiger partial charge in [-0.15, -0.1) is 0 Å². The van der Waals surface area contributed by atoms with Crippen LogP contribution in [0.5, 0.6) is 17.2 Å². The van der Waals surface area contributed by atoms with Gasteiger partial charge in [-0.25, -0.2) is 0 Å². The van der Waals surface area contributed by atoms with Gasteiger partial charge in [-0.1, -0.05) is 19.9 Å². The van der Waals surface area contributed by atoms with Gasteiger partial charge in [-0.05, 0) is 44.4 Å². The molecule has 0 saturated carbocycles. The number of aromatic hydroxyl groups is 1. The zero-order valence-electron chi connectivity index (χ0n) is 17.1. The summed E-state index contributed by atoms with van der Waals surface area (Å²) in [5.41, 5.74) is 2.50. The lowest BCUT2D eigenvalue weighted by atomic mass is 10.1. The molecule has 152 valence electrons.